The Labute approximate surface area is 88.7 Å². The van der Waals surface area contributed by atoms with Crippen LogP contribution in [0.1, 0.15) is 5.69 Å². The van der Waals surface area contributed by atoms with Gasteiger partial charge in [-0.3, -0.25) is 0 Å². The zero-order valence-electron chi connectivity index (χ0n) is 8.64. The summed E-state index contributed by atoms with van der Waals surface area (Å²) in [6.45, 7) is 0.453. The minimum absolute atomic E-state index is 0.453. The smallest absolute Gasteiger partial charge is 0.129 e. The van der Waals surface area contributed by atoms with Crippen molar-refractivity contribution in [3.05, 3.63) is 42.1 Å². The van der Waals surface area contributed by atoms with Gasteiger partial charge in [0, 0.05) is 19.7 Å². The lowest BCUT2D eigenvalue weighted by Gasteiger charge is -2.05. The maximum Gasteiger partial charge on any atom is 0.129 e. The summed E-state index contributed by atoms with van der Waals surface area (Å²) in [6, 6.07) is 11.9. The van der Waals surface area contributed by atoms with Crippen molar-refractivity contribution < 1.29 is 0 Å². The number of nitrogens with zero attached hydrogens (tertiary/aromatic N) is 2. The van der Waals surface area contributed by atoms with Gasteiger partial charge < -0.3 is 11.1 Å². The SMILES string of the molecule is CNc1cc(CN)nn1-c1ccccc1. The van der Waals surface area contributed by atoms with Gasteiger partial charge in [0.25, 0.3) is 0 Å². The van der Waals surface area contributed by atoms with Crippen LogP contribution in [0, 0.1) is 0 Å². The molecule has 2 rings (SSSR count). The molecule has 0 saturated carbocycles. The van der Waals surface area contributed by atoms with E-state index in [1.165, 1.54) is 0 Å². The molecular formula is C11H14N4. The van der Waals surface area contributed by atoms with Crippen molar-refractivity contribution in [3.8, 4) is 5.69 Å². The minimum Gasteiger partial charge on any atom is -0.373 e. The highest BCUT2D eigenvalue weighted by Crippen LogP contribution is 2.16. The van der Waals surface area contributed by atoms with E-state index in [0.29, 0.717) is 6.54 Å². The van der Waals surface area contributed by atoms with Crippen LogP contribution in [0.15, 0.2) is 36.4 Å². The van der Waals surface area contributed by atoms with E-state index in [1.807, 2.05) is 48.1 Å². The first kappa shape index (κ1) is 9.73. The zero-order chi connectivity index (χ0) is 10.7. The van der Waals surface area contributed by atoms with Gasteiger partial charge in [0.1, 0.15) is 5.82 Å². The van der Waals surface area contributed by atoms with Crippen LogP contribution in [-0.2, 0) is 6.54 Å². The van der Waals surface area contributed by atoms with Crippen molar-refractivity contribution in [2.45, 2.75) is 6.54 Å². The molecule has 0 amide bonds. The molecule has 15 heavy (non-hydrogen) atoms. The van der Waals surface area contributed by atoms with Gasteiger partial charge in [-0.2, -0.15) is 5.10 Å². The second-order valence-electron chi connectivity index (χ2n) is 3.22. The Hall–Kier alpha value is -1.81. The molecule has 78 valence electrons. The Balaban J connectivity index is 2.47. The van der Waals surface area contributed by atoms with E-state index in [-0.39, 0.29) is 0 Å². The number of hydrogen-bond donors (Lipinski definition) is 2. The number of para-hydroxylation sites is 1. The van der Waals surface area contributed by atoms with Crippen LogP contribution in [0.3, 0.4) is 0 Å². The Kier molecular flexibility index (Phi) is 2.69. The van der Waals surface area contributed by atoms with Crippen LogP contribution >= 0.6 is 0 Å². The average molecular weight is 202 g/mol. The normalized spacial score (nSPS) is 10.3. The Morgan fingerprint density at radius 3 is 2.67 bits per heavy atom. The predicted molar refractivity (Wildman–Crippen MR) is 61.0 cm³/mol. The number of hydrogen-bond acceptors (Lipinski definition) is 3. The molecule has 1 aromatic heterocycles. The second kappa shape index (κ2) is 4.14. The lowest BCUT2D eigenvalue weighted by atomic mass is 10.3. The third kappa shape index (κ3) is 1.85. The van der Waals surface area contributed by atoms with Crippen molar-refractivity contribution in [2.24, 2.45) is 5.73 Å². The molecule has 0 aliphatic carbocycles. The molecule has 0 aliphatic rings. The largest absolute Gasteiger partial charge is 0.373 e. The average Bonchev–Trinajstić information content (AvgIpc) is 2.73. The molecule has 0 radical (unpaired) electrons. The summed E-state index contributed by atoms with van der Waals surface area (Å²) < 4.78 is 1.85. The van der Waals surface area contributed by atoms with Crippen molar-refractivity contribution in [1.29, 1.82) is 0 Å². The molecule has 1 aromatic carbocycles. The first-order valence-corrected chi connectivity index (χ1v) is 4.87. The molecule has 4 nitrogen and oxygen atoms in total. The van der Waals surface area contributed by atoms with Gasteiger partial charge in [0.05, 0.1) is 11.4 Å². The van der Waals surface area contributed by atoms with Crippen molar-refractivity contribution in [3.63, 3.8) is 0 Å². The van der Waals surface area contributed by atoms with E-state index in [1.54, 1.807) is 0 Å². The van der Waals surface area contributed by atoms with Crippen LogP contribution in [0.25, 0.3) is 5.69 Å². The fourth-order valence-corrected chi connectivity index (χ4v) is 1.47. The summed E-state index contributed by atoms with van der Waals surface area (Å²) in [7, 11) is 1.87. The van der Waals surface area contributed by atoms with Crippen molar-refractivity contribution >= 4 is 5.82 Å². The van der Waals surface area contributed by atoms with E-state index in [9.17, 15) is 0 Å². The third-order valence-corrected chi connectivity index (χ3v) is 2.23. The number of rotatable bonds is 3. The minimum atomic E-state index is 0.453. The fourth-order valence-electron chi connectivity index (χ4n) is 1.47. The number of anilines is 1. The van der Waals surface area contributed by atoms with E-state index in [0.717, 1.165) is 17.2 Å². The van der Waals surface area contributed by atoms with Gasteiger partial charge in [-0.25, -0.2) is 4.68 Å². The molecule has 0 bridgehead atoms. The number of benzene rings is 1. The van der Waals surface area contributed by atoms with Gasteiger partial charge in [-0.1, -0.05) is 18.2 Å². The highest BCUT2D eigenvalue weighted by molar-refractivity contribution is 5.45. The van der Waals surface area contributed by atoms with Gasteiger partial charge in [0.2, 0.25) is 0 Å². The number of nitrogens with two attached hydrogens (primary N) is 1. The quantitative estimate of drug-likeness (QED) is 0.790. The maximum atomic E-state index is 5.56. The van der Waals surface area contributed by atoms with Crippen molar-refractivity contribution in [2.75, 3.05) is 12.4 Å². The molecular weight excluding hydrogens is 188 g/mol. The summed E-state index contributed by atoms with van der Waals surface area (Å²) in [6.07, 6.45) is 0. The van der Waals surface area contributed by atoms with E-state index < -0.39 is 0 Å². The van der Waals surface area contributed by atoms with Gasteiger partial charge in [-0.05, 0) is 12.1 Å². The number of aromatic nitrogens is 2. The predicted octanol–water partition coefficient (Wildman–Crippen LogP) is 1.37. The van der Waals surface area contributed by atoms with E-state index in [4.69, 9.17) is 5.73 Å². The first-order valence-electron chi connectivity index (χ1n) is 4.87. The zero-order valence-corrected chi connectivity index (χ0v) is 8.64. The molecule has 0 saturated heterocycles. The number of nitrogens with one attached hydrogen (secondary N) is 1. The van der Waals surface area contributed by atoms with Gasteiger partial charge >= 0.3 is 0 Å². The molecule has 2 aromatic rings. The van der Waals surface area contributed by atoms with Crippen molar-refractivity contribution in [1.82, 2.24) is 9.78 Å². The Morgan fingerprint density at radius 2 is 2.07 bits per heavy atom. The van der Waals surface area contributed by atoms with E-state index >= 15 is 0 Å². The summed E-state index contributed by atoms with van der Waals surface area (Å²) in [5, 5.41) is 7.49. The molecule has 3 N–H and O–H groups in total. The molecule has 0 unspecified atom stereocenters. The Morgan fingerprint density at radius 1 is 1.33 bits per heavy atom. The van der Waals surface area contributed by atoms with Crippen LogP contribution in [0.2, 0.25) is 0 Å². The highest BCUT2D eigenvalue weighted by atomic mass is 15.3. The summed E-state index contributed by atoms with van der Waals surface area (Å²) >= 11 is 0. The monoisotopic (exact) mass is 202 g/mol. The van der Waals surface area contributed by atoms with Crippen LogP contribution in [-0.4, -0.2) is 16.8 Å². The molecule has 4 heteroatoms. The first-order chi connectivity index (χ1) is 7.35. The molecule has 0 fully saturated rings. The summed E-state index contributed by atoms with van der Waals surface area (Å²) in [5.41, 5.74) is 7.47. The molecule has 0 spiro atoms. The van der Waals surface area contributed by atoms with Crippen LogP contribution in [0.4, 0.5) is 5.82 Å². The molecule has 0 atom stereocenters. The van der Waals surface area contributed by atoms with Gasteiger partial charge in [-0.15, -0.1) is 0 Å². The third-order valence-electron chi connectivity index (χ3n) is 2.23. The van der Waals surface area contributed by atoms with Crippen LogP contribution in [0.5, 0.6) is 0 Å². The summed E-state index contributed by atoms with van der Waals surface area (Å²) in [5.74, 6) is 0.946. The topological polar surface area (TPSA) is 55.9 Å². The standard InChI is InChI=1S/C11H14N4/c1-13-11-7-9(8-12)14-15(11)10-5-3-2-4-6-10/h2-7,13H,8,12H2,1H3. The highest BCUT2D eigenvalue weighted by Gasteiger charge is 2.06. The van der Waals surface area contributed by atoms with Crippen LogP contribution < -0.4 is 11.1 Å². The molecule has 0 aliphatic heterocycles. The maximum absolute atomic E-state index is 5.56. The second-order valence-corrected chi connectivity index (χ2v) is 3.22. The van der Waals surface area contributed by atoms with Gasteiger partial charge in [0.15, 0.2) is 0 Å². The lowest BCUT2D eigenvalue weighted by molar-refractivity contribution is 0.837. The van der Waals surface area contributed by atoms with E-state index in [2.05, 4.69) is 10.4 Å². The Bertz CT molecular complexity index is 433. The lowest BCUT2D eigenvalue weighted by Crippen LogP contribution is -2.03. The molecule has 1 heterocycles. The summed E-state index contributed by atoms with van der Waals surface area (Å²) in [4.78, 5) is 0. The fraction of sp³-hybridized carbons (Fsp3) is 0.182.